The Labute approximate surface area is 339 Å². The molecule has 55 heavy (non-hydrogen) atoms. The first-order valence-corrected chi connectivity index (χ1v) is 17.9. The van der Waals surface area contributed by atoms with Gasteiger partial charge in [0, 0.05) is 6.07 Å². The summed E-state index contributed by atoms with van der Waals surface area (Å²) in [6, 6.07) is 9.85. The summed E-state index contributed by atoms with van der Waals surface area (Å²) in [5.74, 6) is -10.4. The van der Waals surface area contributed by atoms with Crippen LogP contribution in [0.2, 0.25) is 0 Å². The fraction of sp³-hybridized carbons (Fsp3) is 0.0909. The minimum atomic E-state index is -1.30. The van der Waals surface area contributed by atoms with Gasteiger partial charge >= 0.3 is 0 Å². The summed E-state index contributed by atoms with van der Waals surface area (Å²) in [6.45, 7) is 0. The highest BCUT2D eigenvalue weighted by Gasteiger charge is 2.21. The predicted molar refractivity (Wildman–Crippen MR) is 197 cm³/mol. The van der Waals surface area contributed by atoms with Crippen molar-refractivity contribution in [1.82, 2.24) is 29.2 Å². The Bertz CT molecular complexity index is 2530. The molecule has 0 radical (unpaired) electrons. The molecule has 0 unspecified atom stereocenters. The van der Waals surface area contributed by atoms with E-state index in [0.29, 0.717) is 4.60 Å². The first kappa shape index (κ1) is 41.4. The van der Waals surface area contributed by atoms with Gasteiger partial charge in [0.25, 0.3) is 0 Å². The number of rotatable bonds is 7. The molecule has 4 aromatic heterocycles. The van der Waals surface area contributed by atoms with E-state index in [1.807, 2.05) is 6.07 Å². The summed E-state index contributed by atoms with van der Waals surface area (Å²) in [5, 5.41) is 16.9. The molecule has 1 N–H and O–H groups in total. The van der Waals surface area contributed by atoms with E-state index in [9.17, 15) is 26.3 Å². The average molecular weight is 1030 g/mol. The first-order chi connectivity index (χ1) is 26.2. The lowest BCUT2D eigenvalue weighted by molar-refractivity contribution is 0.351. The molecule has 288 valence electrons. The fourth-order valence-electron chi connectivity index (χ4n) is 4.30. The highest BCUT2D eigenvalue weighted by molar-refractivity contribution is 9.11. The molecule has 0 atom stereocenters. The van der Waals surface area contributed by atoms with Crippen molar-refractivity contribution in [2.45, 2.75) is 0 Å². The van der Waals surface area contributed by atoms with Crippen molar-refractivity contribution < 1.29 is 55.1 Å². The Kier molecular flexibility index (Phi) is 13.4. The van der Waals surface area contributed by atoms with Gasteiger partial charge in [0.2, 0.25) is 40.8 Å². The number of aromatic hydroxyl groups is 1. The number of methoxy groups -OCH3 is 3. The van der Waals surface area contributed by atoms with E-state index in [1.54, 1.807) is 10.7 Å². The van der Waals surface area contributed by atoms with Gasteiger partial charge in [0.15, 0.2) is 51.5 Å². The van der Waals surface area contributed by atoms with Crippen LogP contribution < -0.4 is 23.7 Å². The van der Waals surface area contributed by atoms with Gasteiger partial charge in [-0.3, -0.25) is 0 Å². The summed E-state index contributed by atoms with van der Waals surface area (Å²) in [5.41, 5.74) is 0.909. The first-order valence-electron chi connectivity index (χ1n) is 14.7. The van der Waals surface area contributed by atoms with Crippen molar-refractivity contribution in [2.75, 3.05) is 21.3 Å². The SMILES string of the molecule is Brc1cc(Br)c2ncc(Br)n2n1.COc1ccc(O)c(F)c1F.COc1ccc(Oc2cc(Oc3ccc(OC)c(F)c3F)c3ncc(Br)n3n2)c(F)c1F. The molecule has 0 spiro atoms. The Morgan fingerprint density at radius 1 is 0.527 bits per heavy atom. The number of hydrogen-bond acceptors (Lipinski definition) is 10. The van der Waals surface area contributed by atoms with E-state index in [0.717, 1.165) is 49.7 Å². The number of benzene rings is 3. The van der Waals surface area contributed by atoms with E-state index in [2.05, 4.69) is 88.6 Å². The second-order valence-corrected chi connectivity index (χ2v) is 13.5. The average Bonchev–Trinajstić information content (AvgIpc) is 3.73. The van der Waals surface area contributed by atoms with Gasteiger partial charge in [0.1, 0.15) is 13.8 Å². The smallest absolute Gasteiger partial charge is 0.241 e. The number of phenolic OH excluding ortho intramolecular Hbond substituents is 1. The van der Waals surface area contributed by atoms with E-state index in [4.69, 9.17) is 24.1 Å². The molecule has 0 aliphatic heterocycles. The molecule has 0 saturated carbocycles. The van der Waals surface area contributed by atoms with Gasteiger partial charge < -0.3 is 28.8 Å². The largest absolute Gasteiger partial charge is 0.505 e. The molecule has 0 aliphatic rings. The van der Waals surface area contributed by atoms with Crippen LogP contribution in [0.5, 0.6) is 46.1 Å². The summed E-state index contributed by atoms with van der Waals surface area (Å²) in [6.07, 6.45) is 3.08. The number of imidazole rings is 2. The van der Waals surface area contributed by atoms with Crippen LogP contribution in [0.4, 0.5) is 26.3 Å². The second kappa shape index (κ2) is 17.8. The van der Waals surface area contributed by atoms with Crippen LogP contribution >= 0.6 is 63.7 Å². The van der Waals surface area contributed by atoms with Gasteiger partial charge in [-0.05, 0) is 106 Å². The maximum atomic E-state index is 14.4. The molecule has 12 nitrogen and oxygen atoms in total. The van der Waals surface area contributed by atoms with E-state index < -0.39 is 52.2 Å². The highest BCUT2D eigenvalue weighted by atomic mass is 79.9. The van der Waals surface area contributed by atoms with Crippen LogP contribution in [0.25, 0.3) is 11.3 Å². The van der Waals surface area contributed by atoms with Crippen LogP contribution in [0.1, 0.15) is 0 Å². The van der Waals surface area contributed by atoms with Crippen LogP contribution in [0, 0.1) is 34.9 Å². The molecule has 0 bridgehead atoms. The zero-order chi connectivity index (χ0) is 40.1. The number of nitrogens with zero attached hydrogens (tertiary/aromatic N) is 6. The molecule has 22 heteroatoms. The van der Waals surface area contributed by atoms with E-state index >= 15 is 0 Å². The van der Waals surface area contributed by atoms with Crippen molar-refractivity contribution in [1.29, 1.82) is 0 Å². The quantitative estimate of drug-likeness (QED) is 0.154. The normalized spacial score (nSPS) is 10.7. The number of halogens is 10. The maximum Gasteiger partial charge on any atom is 0.241 e. The molecule has 0 fully saturated rings. The molecular weight excluding hydrogens is 1010 g/mol. The molecule has 0 aliphatic carbocycles. The number of ether oxygens (including phenoxy) is 5. The van der Waals surface area contributed by atoms with Crippen molar-refractivity contribution in [3.05, 3.63) is 114 Å². The van der Waals surface area contributed by atoms with Crippen molar-refractivity contribution in [2.24, 2.45) is 0 Å². The Morgan fingerprint density at radius 2 is 0.964 bits per heavy atom. The number of fused-ring (bicyclic) bond motifs is 2. The van der Waals surface area contributed by atoms with Crippen molar-refractivity contribution in [3.8, 4) is 46.1 Å². The van der Waals surface area contributed by atoms with E-state index in [1.165, 1.54) is 44.2 Å². The minimum absolute atomic E-state index is 0.0986. The molecule has 4 heterocycles. The molecule has 7 rings (SSSR count). The lowest BCUT2D eigenvalue weighted by Crippen LogP contribution is -2.02. The molecule has 7 aromatic rings. The standard InChI is InChI=1S/C20H12BrF4N3O4.C7H6F2O2.C6H2Br3N3/c1-29-9-3-5-11(18(24)16(9)22)31-13-7-15(27-28-14(21)8-26-20(13)28)32-12-6-4-10(30-2)17(23)19(12)25;1-11-5-3-2-4(10)6(8)7(5)9;7-3-1-4(8)11-12-5(9)2-10-6(3)12/h3-8H,1-2H3;2-3,10H,1H3;1-2H. The van der Waals surface area contributed by atoms with E-state index in [-0.39, 0.29) is 34.5 Å². The van der Waals surface area contributed by atoms with Crippen molar-refractivity contribution in [3.63, 3.8) is 0 Å². The van der Waals surface area contributed by atoms with Gasteiger partial charge in [-0.2, -0.15) is 36.0 Å². The van der Waals surface area contributed by atoms with Gasteiger partial charge in [-0.25, -0.2) is 14.5 Å². The highest BCUT2D eigenvalue weighted by Crippen LogP contribution is 2.36. The lowest BCUT2D eigenvalue weighted by Gasteiger charge is -2.12. The number of aromatic nitrogens is 6. The monoisotopic (exact) mass is 1030 g/mol. The van der Waals surface area contributed by atoms with Gasteiger partial charge in [0.05, 0.1) is 38.2 Å². The van der Waals surface area contributed by atoms with Gasteiger partial charge in [-0.15, -0.1) is 5.10 Å². The summed E-state index contributed by atoms with van der Waals surface area (Å²) in [4.78, 5) is 8.23. The third-order valence-corrected chi connectivity index (χ3v) is 8.92. The zero-order valence-electron chi connectivity index (χ0n) is 27.7. The van der Waals surface area contributed by atoms with Crippen molar-refractivity contribution >= 4 is 75.0 Å². The Balaban J connectivity index is 0.000000204. The number of hydrogen-bond donors (Lipinski definition) is 1. The lowest BCUT2D eigenvalue weighted by atomic mass is 10.3. The summed E-state index contributed by atoms with van der Waals surface area (Å²) < 4.78 is 112. The van der Waals surface area contributed by atoms with Crippen LogP contribution in [-0.2, 0) is 0 Å². The predicted octanol–water partition coefficient (Wildman–Crippen LogP) is 10.3. The van der Waals surface area contributed by atoms with Crippen LogP contribution in [0.3, 0.4) is 0 Å². The topological polar surface area (TPSA) is 127 Å². The third kappa shape index (κ3) is 9.03. The van der Waals surface area contributed by atoms with Crippen LogP contribution in [-0.4, -0.2) is 55.6 Å². The van der Waals surface area contributed by atoms with Gasteiger partial charge in [-0.1, -0.05) is 0 Å². The molecule has 3 aromatic carbocycles. The summed E-state index contributed by atoms with van der Waals surface area (Å²) >= 11 is 13.2. The Morgan fingerprint density at radius 3 is 1.51 bits per heavy atom. The molecule has 0 saturated heterocycles. The maximum absolute atomic E-state index is 14.4. The fourth-order valence-corrected chi connectivity index (χ4v) is 6.19. The molecule has 0 amide bonds. The second-order valence-electron chi connectivity index (χ2n) is 10.2. The van der Waals surface area contributed by atoms with Crippen LogP contribution in [0.15, 0.2) is 79.2 Å². The minimum Gasteiger partial charge on any atom is -0.505 e. The summed E-state index contributed by atoms with van der Waals surface area (Å²) in [7, 11) is 3.60. The zero-order valence-corrected chi connectivity index (χ0v) is 34.1. The third-order valence-electron chi connectivity index (χ3n) is 6.86. The number of phenols is 1. The Hall–Kier alpha value is -4.80. The molecular formula is C33H20Br4F6N6O6.